The maximum atomic E-state index is 12.4. The number of aryl methyl sites for hydroxylation is 1. The third-order valence-electron chi connectivity index (χ3n) is 2.15. The van der Waals surface area contributed by atoms with Crippen LogP contribution in [-0.2, 0) is 12.7 Å². The number of halogens is 3. The highest BCUT2D eigenvalue weighted by molar-refractivity contribution is 5.32. The molecule has 1 aliphatic rings. The lowest BCUT2D eigenvalue weighted by molar-refractivity contribution is -0.141. The number of fused-ring (bicyclic) bond motifs is 1. The maximum absolute atomic E-state index is 12.4. The van der Waals surface area contributed by atoms with E-state index in [1.807, 2.05) is 0 Å². The van der Waals surface area contributed by atoms with Crippen LogP contribution >= 0.6 is 0 Å². The first-order valence-electron chi connectivity index (χ1n) is 4.27. The molecule has 0 saturated carbocycles. The molecule has 2 rings (SSSR count). The van der Waals surface area contributed by atoms with Crippen molar-refractivity contribution in [2.45, 2.75) is 26.1 Å². The summed E-state index contributed by atoms with van der Waals surface area (Å²) in [6, 6.07) is 0. The smallest absolute Gasteiger partial charge is 0.435 e. The summed E-state index contributed by atoms with van der Waals surface area (Å²) >= 11 is 0. The summed E-state index contributed by atoms with van der Waals surface area (Å²) in [7, 11) is 0. The quantitative estimate of drug-likeness (QED) is 0.649. The molecule has 0 N–H and O–H groups in total. The molecular weight excluding hydrogens is 197 g/mol. The van der Waals surface area contributed by atoms with Crippen molar-refractivity contribution in [3.8, 4) is 5.88 Å². The Morgan fingerprint density at radius 2 is 2.14 bits per heavy atom. The first-order chi connectivity index (χ1) is 6.50. The van der Waals surface area contributed by atoms with Gasteiger partial charge in [-0.25, -0.2) is 4.68 Å². The lowest BCUT2D eigenvalue weighted by Crippen LogP contribution is -2.15. The van der Waals surface area contributed by atoms with E-state index < -0.39 is 11.9 Å². The van der Waals surface area contributed by atoms with Crippen LogP contribution in [0.3, 0.4) is 0 Å². The van der Waals surface area contributed by atoms with Crippen molar-refractivity contribution >= 4 is 0 Å². The van der Waals surface area contributed by atoms with E-state index in [4.69, 9.17) is 4.74 Å². The van der Waals surface area contributed by atoms with Gasteiger partial charge in [-0.3, -0.25) is 0 Å². The molecule has 0 unspecified atom stereocenters. The number of hydrogen-bond donors (Lipinski definition) is 0. The molecule has 0 aromatic carbocycles. The van der Waals surface area contributed by atoms with E-state index in [1.54, 1.807) is 0 Å². The molecule has 1 aliphatic heterocycles. The average molecular weight is 206 g/mol. The van der Waals surface area contributed by atoms with Crippen molar-refractivity contribution in [1.82, 2.24) is 9.78 Å². The summed E-state index contributed by atoms with van der Waals surface area (Å²) in [5.41, 5.74) is -0.758. The zero-order valence-corrected chi connectivity index (χ0v) is 7.56. The Morgan fingerprint density at radius 1 is 1.43 bits per heavy atom. The van der Waals surface area contributed by atoms with E-state index in [9.17, 15) is 13.2 Å². The van der Waals surface area contributed by atoms with Crippen LogP contribution in [0.25, 0.3) is 0 Å². The van der Waals surface area contributed by atoms with Gasteiger partial charge < -0.3 is 4.74 Å². The lowest BCUT2D eigenvalue weighted by Gasteiger charge is -2.14. The Balaban J connectivity index is 2.49. The number of rotatable bonds is 0. The Morgan fingerprint density at radius 3 is 2.71 bits per heavy atom. The van der Waals surface area contributed by atoms with Gasteiger partial charge in [0.2, 0.25) is 5.88 Å². The minimum atomic E-state index is -4.39. The highest BCUT2D eigenvalue weighted by atomic mass is 19.4. The number of nitrogens with zero attached hydrogens (tertiary/aromatic N) is 2. The molecule has 0 fully saturated rings. The van der Waals surface area contributed by atoms with E-state index in [0.29, 0.717) is 19.6 Å². The molecule has 6 heteroatoms. The summed E-state index contributed by atoms with van der Waals surface area (Å²) in [5, 5.41) is 3.49. The maximum Gasteiger partial charge on any atom is 0.435 e. The van der Waals surface area contributed by atoms with Crippen molar-refractivity contribution in [2.24, 2.45) is 0 Å². The standard InChI is InChI=1S/C8H9F3N2O/c1-5-6(8(9,10)11)12-13-3-2-4-14-7(5)13/h2-4H2,1H3. The molecular formula is C8H9F3N2O. The van der Waals surface area contributed by atoms with Crippen LogP contribution in [-0.4, -0.2) is 16.4 Å². The van der Waals surface area contributed by atoms with Crippen molar-refractivity contribution in [1.29, 1.82) is 0 Å². The number of ether oxygens (including phenoxy) is 1. The minimum Gasteiger partial charge on any atom is -0.478 e. The minimum absolute atomic E-state index is 0.0807. The largest absolute Gasteiger partial charge is 0.478 e. The van der Waals surface area contributed by atoms with Crippen molar-refractivity contribution in [2.75, 3.05) is 6.61 Å². The first kappa shape index (κ1) is 9.36. The van der Waals surface area contributed by atoms with Gasteiger partial charge in [0.1, 0.15) is 0 Å². The van der Waals surface area contributed by atoms with E-state index >= 15 is 0 Å². The fraction of sp³-hybridized carbons (Fsp3) is 0.625. The van der Waals surface area contributed by atoms with Crippen LogP contribution in [0.15, 0.2) is 0 Å². The highest BCUT2D eigenvalue weighted by Gasteiger charge is 2.38. The summed E-state index contributed by atoms with van der Waals surface area (Å²) in [5.74, 6) is 0.253. The van der Waals surface area contributed by atoms with Gasteiger partial charge in [0.15, 0.2) is 5.69 Å². The monoisotopic (exact) mass is 206 g/mol. The van der Waals surface area contributed by atoms with Gasteiger partial charge in [-0.1, -0.05) is 0 Å². The molecule has 0 spiro atoms. The van der Waals surface area contributed by atoms with Crippen LogP contribution in [0.5, 0.6) is 5.88 Å². The Bertz CT molecular complexity index is 356. The zero-order valence-electron chi connectivity index (χ0n) is 7.56. The van der Waals surface area contributed by atoms with E-state index in [2.05, 4.69) is 5.10 Å². The molecule has 2 heterocycles. The van der Waals surface area contributed by atoms with Crippen LogP contribution in [0.2, 0.25) is 0 Å². The van der Waals surface area contributed by atoms with Crippen LogP contribution in [0.1, 0.15) is 17.7 Å². The molecule has 0 aliphatic carbocycles. The summed E-state index contributed by atoms with van der Waals surface area (Å²) in [4.78, 5) is 0. The normalized spacial score (nSPS) is 16.3. The molecule has 3 nitrogen and oxygen atoms in total. The SMILES string of the molecule is Cc1c(C(F)(F)F)nn2c1OCCC2. The van der Waals surface area contributed by atoms with Crippen molar-refractivity contribution in [3.05, 3.63) is 11.3 Å². The molecule has 78 valence electrons. The van der Waals surface area contributed by atoms with Crippen LogP contribution in [0.4, 0.5) is 13.2 Å². The van der Waals surface area contributed by atoms with Crippen LogP contribution in [0, 0.1) is 6.92 Å². The van der Waals surface area contributed by atoms with Gasteiger partial charge in [0, 0.05) is 18.5 Å². The van der Waals surface area contributed by atoms with Gasteiger partial charge in [-0.2, -0.15) is 18.3 Å². The van der Waals surface area contributed by atoms with E-state index in [0.717, 1.165) is 0 Å². The Hall–Kier alpha value is -1.20. The predicted octanol–water partition coefficient (Wildman–Crippen LogP) is 1.99. The van der Waals surface area contributed by atoms with Crippen LogP contribution < -0.4 is 4.74 Å². The summed E-state index contributed by atoms with van der Waals surface area (Å²) < 4.78 is 43.6. The molecule has 0 saturated heterocycles. The number of alkyl halides is 3. The first-order valence-corrected chi connectivity index (χ1v) is 4.27. The summed E-state index contributed by atoms with van der Waals surface area (Å²) in [6.07, 6.45) is -3.69. The fourth-order valence-corrected chi connectivity index (χ4v) is 1.52. The van der Waals surface area contributed by atoms with Gasteiger partial charge in [-0.05, 0) is 6.92 Å². The van der Waals surface area contributed by atoms with Gasteiger partial charge >= 0.3 is 6.18 Å². The third kappa shape index (κ3) is 1.34. The van der Waals surface area contributed by atoms with Gasteiger partial charge in [0.05, 0.1) is 6.61 Å². The van der Waals surface area contributed by atoms with Gasteiger partial charge in [0.25, 0.3) is 0 Å². The second kappa shape index (κ2) is 2.90. The van der Waals surface area contributed by atoms with E-state index in [1.165, 1.54) is 11.6 Å². The molecule has 0 atom stereocenters. The van der Waals surface area contributed by atoms with Crippen molar-refractivity contribution in [3.63, 3.8) is 0 Å². The average Bonchev–Trinajstić information content (AvgIpc) is 2.44. The molecule has 0 radical (unpaired) electrons. The second-order valence-corrected chi connectivity index (χ2v) is 3.20. The number of aromatic nitrogens is 2. The van der Waals surface area contributed by atoms with E-state index in [-0.39, 0.29) is 11.4 Å². The summed E-state index contributed by atoms with van der Waals surface area (Å²) in [6.45, 7) is 2.34. The molecule has 14 heavy (non-hydrogen) atoms. The Labute approximate surface area is 78.5 Å². The second-order valence-electron chi connectivity index (χ2n) is 3.20. The lowest BCUT2D eigenvalue weighted by atomic mass is 10.2. The Kier molecular flexibility index (Phi) is 1.94. The third-order valence-corrected chi connectivity index (χ3v) is 2.15. The molecule has 1 aromatic rings. The molecule has 1 aromatic heterocycles. The van der Waals surface area contributed by atoms with Gasteiger partial charge in [-0.15, -0.1) is 0 Å². The van der Waals surface area contributed by atoms with Crippen molar-refractivity contribution < 1.29 is 17.9 Å². The fourth-order valence-electron chi connectivity index (χ4n) is 1.52. The number of hydrogen-bond acceptors (Lipinski definition) is 2. The predicted molar refractivity (Wildman–Crippen MR) is 42.1 cm³/mol. The molecule has 0 bridgehead atoms. The zero-order chi connectivity index (χ0) is 10.3. The highest BCUT2D eigenvalue weighted by Crippen LogP contribution is 2.35. The topological polar surface area (TPSA) is 27.1 Å². The molecule has 0 amide bonds.